The summed E-state index contributed by atoms with van der Waals surface area (Å²) < 4.78 is 24.6. The fourth-order valence-electron chi connectivity index (χ4n) is 1.31. The third kappa shape index (κ3) is 5.35. The first kappa shape index (κ1) is 14.8. The molecule has 0 saturated heterocycles. The molecule has 18 heavy (non-hydrogen) atoms. The van der Waals surface area contributed by atoms with E-state index in [0.717, 1.165) is 12.8 Å². The second-order valence-electron chi connectivity index (χ2n) is 3.61. The molecule has 3 nitrogen and oxygen atoms in total. The summed E-state index contributed by atoms with van der Waals surface area (Å²) in [7, 11) is 0. The van der Waals surface area contributed by atoms with Gasteiger partial charge in [-0.05, 0) is 18.6 Å². The monoisotopic (exact) mass is 274 g/mol. The number of halogens is 2. The van der Waals surface area contributed by atoms with Crippen molar-refractivity contribution in [2.75, 3.05) is 11.9 Å². The van der Waals surface area contributed by atoms with Crippen LogP contribution in [0.1, 0.15) is 19.8 Å². The molecule has 2 N–H and O–H groups in total. The van der Waals surface area contributed by atoms with Gasteiger partial charge in [-0.1, -0.05) is 37.2 Å². The molecule has 0 radical (unpaired) electrons. The molecule has 0 aliphatic carbocycles. The number of nitrogens with one attached hydrogen (secondary N) is 2. The number of amides is 2. The molecule has 0 fully saturated rings. The lowest BCUT2D eigenvalue weighted by atomic mass is 10.3. The number of alkyl halides is 2. The highest BCUT2D eigenvalue weighted by molar-refractivity contribution is 7.99. The van der Waals surface area contributed by atoms with Crippen LogP contribution in [0.3, 0.4) is 0 Å². The topological polar surface area (TPSA) is 41.1 Å². The molecular formula is C12H16F2N2OS. The number of rotatable bonds is 6. The fourth-order valence-corrected chi connectivity index (χ4v) is 1.91. The maximum atomic E-state index is 12.3. The summed E-state index contributed by atoms with van der Waals surface area (Å²) in [5.74, 6) is -2.50. The van der Waals surface area contributed by atoms with Gasteiger partial charge in [-0.2, -0.15) is 8.78 Å². The van der Waals surface area contributed by atoms with E-state index in [4.69, 9.17) is 0 Å². The zero-order valence-electron chi connectivity index (χ0n) is 10.1. The largest absolute Gasteiger partial charge is 0.338 e. The number of benzene rings is 1. The molecule has 1 aromatic carbocycles. The lowest BCUT2D eigenvalue weighted by molar-refractivity contribution is 0.250. The van der Waals surface area contributed by atoms with E-state index in [-0.39, 0.29) is 6.03 Å². The highest BCUT2D eigenvalue weighted by atomic mass is 32.2. The summed E-state index contributed by atoms with van der Waals surface area (Å²) in [4.78, 5) is 11.9. The Morgan fingerprint density at radius 2 is 2.11 bits per heavy atom. The summed E-state index contributed by atoms with van der Waals surface area (Å²) in [5.41, 5.74) is 0.400. The van der Waals surface area contributed by atoms with Crippen molar-refractivity contribution in [2.24, 2.45) is 0 Å². The number of thioether (sulfide) groups is 1. The van der Waals surface area contributed by atoms with Gasteiger partial charge in [0, 0.05) is 11.4 Å². The summed E-state index contributed by atoms with van der Waals surface area (Å²) >= 11 is 0.420. The zero-order chi connectivity index (χ0) is 13.4. The molecule has 0 bridgehead atoms. The summed E-state index contributed by atoms with van der Waals surface area (Å²) in [5, 5.41) is 5.24. The fraction of sp³-hybridized carbons (Fsp3) is 0.417. The molecule has 100 valence electrons. The Bertz CT molecular complexity index is 388. The first-order chi connectivity index (χ1) is 8.63. The van der Waals surface area contributed by atoms with Gasteiger partial charge in [0.05, 0.1) is 5.69 Å². The van der Waals surface area contributed by atoms with Crippen LogP contribution in [0.5, 0.6) is 0 Å². The average Bonchev–Trinajstić information content (AvgIpc) is 2.31. The maximum absolute atomic E-state index is 12.3. The lowest BCUT2D eigenvalue weighted by Gasteiger charge is -2.11. The Kier molecular flexibility index (Phi) is 6.49. The SMILES string of the molecule is CCCCNC(=O)Nc1ccccc1SC(F)F. The third-order valence-electron chi connectivity index (χ3n) is 2.17. The van der Waals surface area contributed by atoms with Crippen molar-refractivity contribution in [3.63, 3.8) is 0 Å². The van der Waals surface area contributed by atoms with Crippen LogP contribution in [-0.2, 0) is 0 Å². The Balaban J connectivity index is 2.57. The van der Waals surface area contributed by atoms with E-state index < -0.39 is 5.76 Å². The van der Waals surface area contributed by atoms with Gasteiger partial charge >= 0.3 is 6.03 Å². The Morgan fingerprint density at radius 1 is 1.39 bits per heavy atom. The Hall–Kier alpha value is -1.30. The van der Waals surface area contributed by atoms with E-state index >= 15 is 0 Å². The zero-order valence-corrected chi connectivity index (χ0v) is 10.9. The molecule has 1 rings (SSSR count). The van der Waals surface area contributed by atoms with E-state index in [2.05, 4.69) is 10.6 Å². The van der Waals surface area contributed by atoms with E-state index in [1.54, 1.807) is 24.3 Å². The molecule has 0 aliphatic heterocycles. The van der Waals surface area contributed by atoms with E-state index in [0.29, 0.717) is 28.9 Å². The quantitative estimate of drug-likeness (QED) is 0.609. The summed E-state index contributed by atoms with van der Waals surface area (Å²) in [6.45, 7) is 2.60. The number of hydrogen-bond acceptors (Lipinski definition) is 2. The number of carbonyl (C=O) groups excluding carboxylic acids is 1. The molecular weight excluding hydrogens is 258 g/mol. The number of carbonyl (C=O) groups is 1. The molecule has 2 amide bonds. The molecule has 0 atom stereocenters. The lowest BCUT2D eigenvalue weighted by Crippen LogP contribution is -2.29. The van der Waals surface area contributed by atoms with Crippen LogP contribution in [-0.4, -0.2) is 18.3 Å². The van der Waals surface area contributed by atoms with E-state index in [9.17, 15) is 13.6 Å². The first-order valence-corrected chi connectivity index (χ1v) is 6.60. The molecule has 1 aromatic rings. The van der Waals surface area contributed by atoms with Crippen LogP contribution < -0.4 is 10.6 Å². The molecule has 0 unspecified atom stereocenters. The van der Waals surface area contributed by atoms with Crippen molar-refractivity contribution in [2.45, 2.75) is 30.4 Å². The smallest absolute Gasteiger partial charge is 0.319 e. The van der Waals surface area contributed by atoms with Gasteiger partial charge < -0.3 is 10.6 Å². The van der Waals surface area contributed by atoms with Gasteiger partial charge in [-0.15, -0.1) is 0 Å². The Morgan fingerprint density at radius 3 is 2.78 bits per heavy atom. The normalized spacial score (nSPS) is 10.4. The maximum Gasteiger partial charge on any atom is 0.319 e. The van der Waals surface area contributed by atoms with E-state index in [1.165, 1.54) is 0 Å². The predicted octanol–water partition coefficient (Wildman–Crippen LogP) is 3.92. The average molecular weight is 274 g/mol. The minimum absolute atomic E-state index is 0.359. The standard InChI is InChI=1S/C12H16F2N2OS/c1-2-3-8-15-12(17)16-9-6-4-5-7-10(9)18-11(13)14/h4-7,11H,2-3,8H2,1H3,(H2,15,16,17). The van der Waals surface area contributed by atoms with Gasteiger partial charge in [0.1, 0.15) is 0 Å². The number of hydrogen-bond donors (Lipinski definition) is 2. The predicted molar refractivity (Wildman–Crippen MR) is 70.2 cm³/mol. The van der Waals surface area contributed by atoms with Crippen LogP contribution >= 0.6 is 11.8 Å². The van der Waals surface area contributed by atoms with Crippen molar-refractivity contribution < 1.29 is 13.6 Å². The van der Waals surface area contributed by atoms with Crippen molar-refractivity contribution in [1.82, 2.24) is 5.32 Å². The molecule has 0 aliphatic rings. The van der Waals surface area contributed by atoms with Gasteiger partial charge in [0.15, 0.2) is 0 Å². The highest BCUT2D eigenvalue weighted by Crippen LogP contribution is 2.31. The van der Waals surface area contributed by atoms with Gasteiger partial charge in [-0.3, -0.25) is 0 Å². The first-order valence-electron chi connectivity index (χ1n) is 5.72. The van der Waals surface area contributed by atoms with Gasteiger partial charge in [-0.25, -0.2) is 4.79 Å². The summed E-state index contributed by atoms with van der Waals surface area (Å²) in [6, 6.07) is 6.13. The number of unbranched alkanes of at least 4 members (excludes halogenated alkanes) is 1. The summed E-state index contributed by atoms with van der Waals surface area (Å²) in [6.07, 6.45) is 1.87. The Labute approximate surface area is 109 Å². The van der Waals surface area contributed by atoms with Crippen molar-refractivity contribution in [1.29, 1.82) is 0 Å². The number of anilines is 1. The molecule has 6 heteroatoms. The number of urea groups is 1. The second-order valence-corrected chi connectivity index (χ2v) is 4.64. The van der Waals surface area contributed by atoms with Crippen molar-refractivity contribution >= 4 is 23.5 Å². The highest BCUT2D eigenvalue weighted by Gasteiger charge is 2.11. The van der Waals surface area contributed by atoms with Crippen molar-refractivity contribution in [3.8, 4) is 0 Å². The van der Waals surface area contributed by atoms with Gasteiger partial charge in [0.25, 0.3) is 5.76 Å². The van der Waals surface area contributed by atoms with Crippen molar-refractivity contribution in [3.05, 3.63) is 24.3 Å². The number of para-hydroxylation sites is 1. The van der Waals surface area contributed by atoms with Crippen LogP contribution in [0.15, 0.2) is 29.2 Å². The van der Waals surface area contributed by atoms with Crippen LogP contribution in [0.25, 0.3) is 0 Å². The molecule has 0 spiro atoms. The minimum Gasteiger partial charge on any atom is -0.338 e. The molecule has 0 aromatic heterocycles. The van der Waals surface area contributed by atoms with Crippen LogP contribution in [0.4, 0.5) is 19.3 Å². The van der Waals surface area contributed by atoms with Crippen LogP contribution in [0.2, 0.25) is 0 Å². The second kappa shape index (κ2) is 7.92. The third-order valence-corrected chi connectivity index (χ3v) is 2.96. The molecule has 0 saturated carbocycles. The van der Waals surface area contributed by atoms with Gasteiger partial charge in [0.2, 0.25) is 0 Å². The van der Waals surface area contributed by atoms with E-state index in [1.807, 2.05) is 6.92 Å². The minimum atomic E-state index is -2.50. The molecule has 0 heterocycles. The van der Waals surface area contributed by atoms with Crippen LogP contribution in [0, 0.1) is 0 Å².